The number of carboxylic acid groups (broad SMARTS) is 1. The Hall–Kier alpha value is -1.26. The molecule has 0 fully saturated rings. The van der Waals surface area contributed by atoms with Crippen LogP contribution in [0.3, 0.4) is 0 Å². The average Bonchev–Trinajstić information content (AvgIpc) is 2.26. The van der Waals surface area contributed by atoms with Crippen molar-refractivity contribution in [2.24, 2.45) is 5.92 Å². The van der Waals surface area contributed by atoms with Crippen LogP contribution in [0.5, 0.6) is 0 Å². The Morgan fingerprint density at radius 2 is 1.80 bits per heavy atom. The van der Waals surface area contributed by atoms with E-state index in [9.17, 15) is 9.59 Å². The van der Waals surface area contributed by atoms with E-state index in [1.165, 1.54) is 0 Å². The highest BCUT2D eigenvalue weighted by atomic mass is 16.4. The molecule has 20 heavy (non-hydrogen) atoms. The molecule has 5 nitrogen and oxygen atoms in total. The molecule has 0 aromatic carbocycles. The first-order chi connectivity index (χ1) is 9.18. The van der Waals surface area contributed by atoms with E-state index < -0.39 is 5.97 Å². The van der Waals surface area contributed by atoms with Gasteiger partial charge in [-0.05, 0) is 40.0 Å². The topological polar surface area (TPSA) is 78.4 Å². The first-order valence-corrected chi connectivity index (χ1v) is 7.49. The number of urea groups is 1. The molecule has 0 aromatic rings. The highest BCUT2D eigenvalue weighted by Gasteiger charge is 2.20. The van der Waals surface area contributed by atoms with Crippen LogP contribution >= 0.6 is 0 Å². The van der Waals surface area contributed by atoms with Crippen molar-refractivity contribution in [1.29, 1.82) is 0 Å². The van der Waals surface area contributed by atoms with Crippen LogP contribution < -0.4 is 10.6 Å². The standard InChI is InChI=1S/C15H30N2O3/c1-6-10-15(4,5)17-14(20)16-12(3)9-7-8-11(2)13(18)19/h11-12H,6-10H2,1-5H3,(H,18,19)(H2,16,17,20). The summed E-state index contributed by atoms with van der Waals surface area (Å²) >= 11 is 0. The molecule has 2 amide bonds. The van der Waals surface area contributed by atoms with Crippen molar-refractivity contribution in [2.45, 2.75) is 78.3 Å². The number of aliphatic carboxylic acids is 1. The summed E-state index contributed by atoms with van der Waals surface area (Å²) in [6.45, 7) is 9.76. The van der Waals surface area contributed by atoms with E-state index in [4.69, 9.17) is 5.11 Å². The fraction of sp³-hybridized carbons (Fsp3) is 0.867. The van der Waals surface area contributed by atoms with Gasteiger partial charge in [-0.3, -0.25) is 4.79 Å². The van der Waals surface area contributed by atoms with Gasteiger partial charge in [-0.15, -0.1) is 0 Å². The van der Waals surface area contributed by atoms with Gasteiger partial charge in [-0.25, -0.2) is 4.79 Å². The molecule has 118 valence electrons. The van der Waals surface area contributed by atoms with Crippen LogP contribution in [0, 0.1) is 5.92 Å². The number of amides is 2. The molecule has 2 unspecified atom stereocenters. The molecule has 0 saturated heterocycles. The molecule has 0 rings (SSSR count). The van der Waals surface area contributed by atoms with Crippen molar-refractivity contribution >= 4 is 12.0 Å². The van der Waals surface area contributed by atoms with E-state index in [1.54, 1.807) is 6.92 Å². The van der Waals surface area contributed by atoms with E-state index in [2.05, 4.69) is 17.6 Å². The van der Waals surface area contributed by atoms with Crippen LogP contribution in [0.1, 0.15) is 66.7 Å². The summed E-state index contributed by atoms with van der Waals surface area (Å²) in [7, 11) is 0. The van der Waals surface area contributed by atoms with Crippen LogP contribution in [-0.2, 0) is 4.79 Å². The molecule has 0 aliphatic heterocycles. The molecular weight excluding hydrogens is 256 g/mol. The molecule has 0 heterocycles. The molecule has 0 aromatic heterocycles. The Labute approximate surface area is 122 Å². The highest BCUT2D eigenvalue weighted by molar-refractivity contribution is 5.75. The largest absolute Gasteiger partial charge is 0.481 e. The minimum absolute atomic E-state index is 0.0495. The smallest absolute Gasteiger partial charge is 0.315 e. The van der Waals surface area contributed by atoms with Gasteiger partial charge in [0.25, 0.3) is 0 Å². The number of nitrogens with one attached hydrogen (secondary N) is 2. The van der Waals surface area contributed by atoms with Gasteiger partial charge in [-0.2, -0.15) is 0 Å². The first-order valence-electron chi connectivity index (χ1n) is 7.49. The van der Waals surface area contributed by atoms with Crippen molar-refractivity contribution < 1.29 is 14.7 Å². The lowest BCUT2D eigenvalue weighted by molar-refractivity contribution is -0.141. The molecule has 0 radical (unpaired) electrons. The Kier molecular flexibility index (Phi) is 8.26. The van der Waals surface area contributed by atoms with E-state index in [0.29, 0.717) is 6.42 Å². The fourth-order valence-electron chi connectivity index (χ4n) is 2.18. The van der Waals surface area contributed by atoms with Crippen molar-refractivity contribution in [3.8, 4) is 0 Å². The molecular formula is C15H30N2O3. The maximum absolute atomic E-state index is 11.8. The normalized spacial score (nSPS) is 14.4. The summed E-state index contributed by atoms with van der Waals surface area (Å²) in [6, 6.07) is -0.101. The maximum Gasteiger partial charge on any atom is 0.315 e. The van der Waals surface area contributed by atoms with Crippen LogP contribution in [0.15, 0.2) is 0 Å². The van der Waals surface area contributed by atoms with Gasteiger partial charge in [0.15, 0.2) is 0 Å². The predicted molar refractivity (Wildman–Crippen MR) is 80.8 cm³/mol. The number of carbonyl (C=O) groups is 2. The van der Waals surface area contributed by atoms with Crippen molar-refractivity contribution in [2.75, 3.05) is 0 Å². The lowest BCUT2D eigenvalue weighted by Gasteiger charge is -2.27. The third kappa shape index (κ3) is 8.77. The van der Waals surface area contributed by atoms with Crippen LogP contribution in [0.4, 0.5) is 4.79 Å². The Balaban J connectivity index is 3.94. The summed E-state index contributed by atoms with van der Waals surface area (Å²) in [5.74, 6) is -1.08. The van der Waals surface area contributed by atoms with E-state index in [1.807, 2.05) is 20.8 Å². The number of hydrogen-bond acceptors (Lipinski definition) is 2. The third-order valence-electron chi connectivity index (χ3n) is 3.40. The monoisotopic (exact) mass is 286 g/mol. The van der Waals surface area contributed by atoms with Crippen LogP contribution in [0.2, 0.25) is 0 Å². The van der Waals surface area contributed by atoms with Gasteiger partial charge < -0.3 is 15.7 Å². The zero-order valence-corrected chi connectivity index (χ0v) is 13.5. The molecule has 0 aliphatic rings. The molecule has 0 aliphatic carbocycles. The molecule has 5 heteroatoms. The SMILES string of the molecule is CCCC(C)(C)NC(=O)NC(C)CCCC(C)C(=O)O. The summed E-state index contributed by atoms with van der Waals surface area (Å²) in [5, 5.41) is 14.7. The average molecular weight is 286 g/mol. The lowest BCUT2D eigenvalue weighted by atomic mass is 9.99. The number of carbonyl (C=O) groups excluding carboxylic acids is 1. The molecule has 3 N–H and O–H groups in total. The number of rotatable bonds is 9. The quantitative estimate of drug-likeness (QED) is 0.609. The minimum Gasteiger partial charge on any atom is -0.481 e. The molecule has 0 spiro atoms. The number of carboxylic acids is 1. The van der Waals surface area contributed by atoms with E-state index in [-0.39, 0.29) is 23.5 Å². The Morgan fingerprint density at radius 1 is 1.20 bits per heavy atom. The molecule has 2 atom stereocenters. The van der Waals surface area contributed by atoms with Gasteiger partial charge in [0.2, 0.25) is 0 Å². The van der Waals surface area contributed by atoms with Crippen LogP contribution in [0.25, 0.3) is 0 Å². The first kappa shape index (κ1) is 18.7. The zero-order chi connectivity index (χ0) is 15.8. The second kappa shape index (κ2) is 8.82. The lowest BCUT2D eigenvalue weighted by Crippen LogP contribution is -2.50. The Bertz CT molecular complexity index is 316. The summed E-state index contributed by atoms with van der Waals surface area (Å²) in [6.07, 6.45) is 4.19. The van der Waals surface area contributed by atoms with Crippen molar-refractivity contribution in [3.63, 3.8) is 0 Å². The fourth-order valence-corrected chi connectivity index (χ4v) is 2.18. The second-order valence-electron chi connectivity index (χ2n) is 6.30. The van der Waals surface area contributed by atoms with Gasteiger partial charge in [0.05, 0.1) is 5.92 Å². The molecule has 0 bridgehead atoms. The number of hydrogen-bond donors (Lipinski definition) is 3. The summed E-state index contributed by atoms with van der Waals surface area (Å²) < 4.78 is 0. The third-order valence-corrected chi connectivity index (χ3v) is 3.40. The summed E-state index contributed by atoms with van der Waals surface area (Å²) in [5.41, 5.74) is -0.198. The highest BCUT2D eigenvalue weighted by Crippen LogP contribution is 2.11. The van der Waals surface area contributed by atoms with Crippen molar-refractivity contribution in [3.05, 3.63) is 0 Å². The van der Waals surface area contributed by atoms with E-state index >= 15 is 0 Å². The van der Waals surface area contributed by atoms with Gasteiger partial charge >= 0.3 is 12.0 Å². The zero-order valence-electron chi connectivity index (χ0n) is 13.5. The second-order valence-corrected chi connectivity index (χ2v) is 6.30. The summed E-state index contributed by atoms with van der Waals surface area (Å²) in [4.78, 5) is 22.5. The van der Waals surface area contributed by atoms with Gasteiger partial charge in [0, 0.05) is 11.6 Å². The van der Waals surface area contributed by atoms with Gasteiger partial charge in [0.1, 0.15) is 0 Å². The molecule has 0 saturated carbocycles. The van der Waals surface area contributed by atoms with Crippen LogP contribution in [-0.4, -0.2) is 28.7 Å². The minimum atomic E-state index is -0.760. The van der Waals surface area contributed by atoms with E-state index in [0.717, 1.165) is 25.7 Å². The van der Waals surface area contributed by atoms with Crippen molar-refractivity contribution in [1.82, 2.24) is 10.6 Å². The maximum atomic E-state index is 11.8. The van der Waals surface area contributed by atoms with Gasteiger partial charge in [-0.1, -0.05) is 26.7 Å². The Morgan fingerprint density at radius 3 is 2.30 bits per heavy atom. The predicted octanol–water partition coefficient (Wildman–Crippen LogP) is 3.14.